The van der Waals surface area contributed by atoms with Gasteiger partial charge in [0.1, 0.15) is 5.69 Å². The van der Waals surface area contributed by atoms with Gasteiger partial charge in [-0.05, 0) is 43.0 Å². The predicted octanol–water partition coefficient (Wildman–Crippen LogP) is 3.52. The monoisotopic (exact) mass is 391 g/mol. The molecule has 29 heavy (non-hydrogen) atoms. The van der Waals surface area contributed by atoms with Crippen LogP contribution in [-0.2, 0) is 6.42 Å². The summed E-state index contributed by atoms with van der Waals surface area (Å²) in [7, 11) is 1.69. The number of aryl methyl sites for hydroxylation is 2. The Balaban J connectivity index is 2.00. The summed E-state index contributed by atoms with van der Waals surface area (Å²) in [5, 5.41) is 12.7. The maximum atomic E-state index is 12.6. The number of aromatic nitrogens is 4. The number of rotatable bonds is 7. The fraction of sp³-hybridized carbons (Fsp3) is 0.364. The highest BCUT2D eigenvalue weighted by Crippen LogP contribution is 2.23. The average molecular weight is 391 g/mol. The van der Waals surface area contributed by atoms with Gasteiger partial charge in [-0.25, -0.2) is 4.68 Å². The van der Waals surface area contributed by atoms with Gasteiger partial charge in [-0.1, -0.05) is 25.8 Å². The summed E-state index contributed by atoms with van der Waals surface area (Å²) in [4.78, 5) is 14.1. The molecule has 2 aromatic heterocycles. The second kappa shape index (κ2) is 8.74. The highest BCUT2D eigenvalue weighted by atomic mass is 16.4. The second-order valence-electron chi connectivity index (χ2n) is 7.41. The zero-order valence-electron chi connectivity index (χ0n) is 17.2. The summed E-state index contributed by atoms with van der Waals surface area (Å²) in [5.74, 6) is 3.78. The van der Waals surface area contributed by atoms with Crippen LogP contribution in [0.25, 0.3) is 17.3 Å². The van der Waals surface area contributed by atoms with E-state index in [0.717, 1.165) is 24.2 Å². The molecule has 1 aromatic carbocycles. The first kappa shape index (κ1) is 20.3. The minimum Gasteiger partial charge on any atom is -0.420 e. The Morgan fingerprint density at radius 3 is 2.76 bits per heavy atom. The summed E-state index contributed by atoms with van der Waals surface area (Å²) in [6.45, 7) is 6.37. The van der Waals surface area contributed by atoms with Crippen molar-refractivity contribution in [2.45, 2.75) is 33.6 Å². The minimum atomic E-state index is -0.131. The third-order valence-electron chi connectivity index (χ3n) is 4.52. The lowest BCUT2D eigenvalue weighted by atomic mass is 10.1. The number of carbonyl (C=O) groups is 1. The molecule has 150 valence electrons. The molecule has 0 saturated heterocycles. The number of benzene rings is 1. The van der Waals surface area contributed by atoms with Gasteiger partial charge < -0.3 is 9.32 Å². The molecular formula is C22H25N5O2. The van der Waals surface area contributed by atoms with Gasteiger partial charge in [0, 0.05) is 25.2 Å². The lowest BCUT2D eigenvalue weighted by Crippen LogP contribution is -2.27. The molecule has 0 unspecified atom stereocenters. The van der Waals surface area contributed by atoms with Crippen LogP contribution in [0.3, 0.4) is 0 Å². The Kier molecular flexibility index (Phi) is 6.13. The van der Waals surface area contributed by atoms with Gasteiger partial charge in [0.15, 0.2) is 0 Å². The van der Waals surface area contributed by atoms with Gasteiger partial charge in [-0.3, -0.25) is 4.79 Å². The molecule has 0 aliphatic heterocycles. The van der Waals surface area contributed by atoms with Gasteiger partial charge in [0.2, 0.25) is 5.89 Å². The van der Waals surface area contributed by atoms with E-state index in [9.17, 15) is 4.79 Å². The molecule has 7 nitrogen and oxygen atoms in total. The number of amides is 1. The molecule has 0 saturated carbocycles. The SMILES string of the molecule is C#CCN(C)C(=O)c1cccc(-n2nc(-c3nnc(C)o3)cc2CCC(C)C)c1. The van der Waals surface area contributed by atoms with Crippen LogP contribution in [0.1, 0.15) is 42.2 Å². The smallest absolute Gasteiger partial charge is 0.268 e. The zero-order chi connectivity index (χ0) is 21.0. The lowest BCUT2D eigenvalue weighted by Gasteiger charge is -2.15. The van der Waals surface area contributed by atoms with Crippen molar-refractivity contribution < 1.29 is 9.21 Å². The van der Waals surface area contributed by atoms with Crippen molar-refractivity contribution in [1.82, 2.24) is 24.9 Å². The molecule has 0 spiro atoms. The Hall–Kier alpha value is -3.40. The van der Waals surface area contributed by atoms with E-state index in [4.69, 9.17) is 10.8 Å². The Labute approximate surface area is 170 Å². The van der Waals surface area contributed by atoms with Crippen LogP contribution in [-0.4, -0.2) is 44.4 Å². The summed E-state index contributed by atoms with van der Waals surface area (Å²) >= 11 is 0. The zero-order valence-corrected chi connectivity index (χ0v) is 17.2. The van der Waals surface area contributed by atoms with Crippen LogP contribution in [0.15, 0.2) is 34.7 Å². The molecule has 3 rings (SSSR count). The number of carbonyl (C=O) groups excluding carboxylic acids is 1. The van der Waals surface area contributed by atoms with Gasteiger partial charge in [-0.15, -0.1) is 16.6 Å². The normalized spacial score (nSPS) is 10.9. The van der Waals surface area contributed by atoms with Crippen LogP contribution in [0.4, 0.5) is 0 Å². The van der Waals surface area contributed by atoms with Crippen LogP contribution < -0.4 is 0 Å². The van der Waals surface area contributed by atoms with E-state index in [-0.39, 0.29) is 12.5 Å². The fourth-order valence-electron chi connectivity index (χ4n) is 2.96. The Morgan fingerprint density at radius 1 is 1.31 bits per heavy atom. The Bertz CT molecular complexity index is 1040. The largest absolute Gasteiger partial charge is 0.420 e. The van der Waals surface area contributed by atoms with Crippen molar-refractivity contribution in [1.29, 1.82) is 0 Å². The number of hydrogen-bond donors (Lipinski definition) is 0. The molecular weight excluding hydrogens is 366 g/mol. The van der Waals surface area contributed by atoms with Crippen molar-refractivity contribution in [3.63, 3.8) is 0 Å². The van der Waals surface area contributed by atoms with E-state index in [0.29, 0.717) is 29.0 Å². The highest BCUT2D eigenvalue weighted by Gasteiger charge is 2.17. The molecule has 0 bridgehead atoms. The van der Waals surface area contributed by atoms with Crippen molar-refractivity contribution in [2.75, 3.05) is 13.6 Å². The van der Waals surface area contributed by atoms with E-state index in [1.165, 1.54) is 4.90 Å². The van der Waals surface area contributed by atoms with Crippen LogP contribution in [0.5, 0.6) is 0 Å². The maximum Gasteiger partial charge on any atom is 0.268 e. The molecule has 0 aliphatic carbocycles. The standard InChI is InChI=1S/C22H25N5O2/c1-6-12-26(5)22(28)17-8-7-9-18(13-17)27-19(11-10-15(2)3)14-20(25-27)21-24-23-16(4)29-21/h1,7-9,13-15H,10-12H2,2-5H3. The molecule has 0 atom stereocenters. The van der Waals surface area contributed by atoms with Gasteiger partial charge in [0.05, 0.1) is 12.2 Å². The van der Waals surface area contributed by atoms with E-state index in [1.54, 1.807) is 20.0 Å². The maximum absolute atomic E-state index is 12.6. The van der Waals surface area contributed by atoms with E-state index in [1.807, 2.05) is 28.9 Å². The number of nitrogens with zero attached hydrogens (tertiary/aromatic N) is 5. The molecule has 1 amide bonds. The van der Waals surface area contributed by atoms with Gasteiger partial charge >= 0.3 is 0 Å². The minimum absolute atomic E-state index is 0.131. The van der Waals surface area contributed by atoms with Gasteiger partial charge in [-0.2, -0.15) is 5.10 Å². The third-order valence-corrected chi connectivity index (χ3v) is 4.52. The molecule has 0 fully saturated rings. The first-order valence-corrected chi connectivity index (χ1v) is 9.57. The van der Waals surface area contributed by atoms with Crippen molar-refractivity contribution >= 4 is 5.91 Å². The molecule has 2 heterocycles. The van der Waals surface area contributed by atoms with Crippen molar-refractivity contribution in [3.8, 4) is 29.6 Å². The number of terminal acetylenes is 1. The summed E-state index contributed by atoms with van der Waals surface area (Å²) < 4.78 is 7.38. The predicted molar refractivity (Wildman–Crippen MR) is 111 cm³/mol. The summed E-state index contributed by atoms with van der Waals surface area (Å²) in [6, 6.07) is 9.33. The second-order valence-corrected chi connectivity index (χ2v) is 7.41. The highest BCUT2D eigenvalue weighted by molar-refractivity contribution is 5.94. The van der Waals surface area contributed by atoms with E-state index >= 15 is 0 Å². The first-order chi connectivity index (χ1) is 13.9. The van der Waals surface area contributed by atoms with Crippen molar-refractivity contribution in [2.24, 2.45) is 5.92 Å². The average Bonchev–Trinajstić information content (AvgIpc) is 3.32. The van der Waals surface area contributed by atoms with Crippen molar-refractivity contribution in [3.05, 3.63) is 47.5 Å². The van der Waals surface area contributed by atoms with Crippen LogP contribution in [0, 0.1) is 25.2 Å². The van der Waals surface area contributed by atoms with Gasteiger partial charge in [0.25, 0.3) is 11.8 Å². The number of hydrogen-bond acceptors (Lipinski definition) is 5. The lowest BCUT2D eigenvalue weighted by molar-refractivity contribution is 0.0812. The third kappa shape index (κ3) is 4.72. The van der Waals surface area contributed by atoms with Crippen LogP contribution >= 0.6 is 0 Å². The quantitative estimate of drug-likeness (QED) is 0.576. The molecule has 3 aromatic rings. The molecule has 0 N–H and O–H groups in total. The Morgan fingerprint density at radius 2 is 2.10 bits per heavy atom. The van der Waals surface area contributed by atoms with E-state index in [2.05, 4.69) is 35.1 Å². The summed E-state index contributed by atoms with van der Waals surface area (Å²) in [5.41, 5.74) is 2.99. The first-order valence-electron chi connectivity index (χ1n) is 9.57. The fourth-order valence-corrected chi connectivity index (χ4v) is 2.96. The topological polar surface area (TPSA) is 77.1 Å². The van der Waals surface area contributed by atoms with Crippen LogP contribution in [0.2, 0.25) is 0 Å². The molecule has 0 aliphatic rings. The summed E-state index contributed by atoms with van der Waals surface area (Å²) in [6.07, 6.45) is 7.18. The van der Waals surface area contributed by atoms with E-state index < -0.39 is 0 Å². The molecule has 0 radical (unpaired) electrons. The molecule has 7 heteroatoms.